The molecular formula is C46H54F2N8O8. The number of rotatable bonds is 12. The van der Waals surface area contributed by atoms with Crippen molar-refractivity contribution in [3.8, 4) is 28.1 Å². The summed E-state index contributed by atoms with van der Waals surface area (Å²) in [5, 5.41) is 7.21. The second kappa shape index (κ2) is 18.1. The van der Waals surface area contributed by atoms with Crippen LogP contribution in [0.25, 0.3) is 44.2 Å². The van der Waals surface area contributed by atoms with Crippen molar-refractivity contribution in [3.63, 3.8) is 0 Å². The number of hydrogen-bond acceptors (Lipinski definition) is 10. The number of nitrogens with one attached hydrogen (secondary N) is 4. The number of imidazole rings is 2. The molecule has 18 heteroatoms. The normalized spacial score (nSPS) is 20.4. The highest BCUT2D eigenvalue weighted by Crippen LogP contribution is 2.44. The van der Waals surface area contributed by atoms with Crippen LogP contribution in [-0.2, 0) is 30.4 Å². The summed E-state index contributed by atoms with van der Waals surface area (Å²) in [4.78, 5) is 72.3. The Bertz CT molecular complexity index is 2580. The van der Waals surface area contributed by atoms with Crippen LogP contribution in [0.4, 0.5) is 18.4 Å². The Balaban J connectivity index is 1.05. The number of carbonyl (C=O) groups is 4. The number of likely N-dealkylation sites (tertiary alicyclic amines) is 2. The monoisotopic (exact) mass is 884 g/mol. The minimum atomic E-state index is -2.94. The summed E-state index contributed by atoms with van der Waals surface area (Å²) in [5.41, 5.74) is 6.04. The summed E-state index contributed by atoms with van der Waals surface area (Å²) in [7, 11) is 2.50. The van der Waals surface area contributed by atoms with Crippen molar-refractivity contribution < 1.29 is 46.9 Å². The third kappa shape index (κ3) is 8.54. The number of aromatic nitrogens is 4. The zero-order valence-corrected chi connectivity index (χ0v) is 36.9. The lowest BCUT2D eigenvalue weighted by molar-refractivity contribution is -0.139. The van der Waals surface area contributed by atoms with Gasteiger partial charge < -0.3 is 49.3 Å². The summed E-state index contributed by atoms with van der Waals surface area (Å²) in [5.74, 6) is 0.507. The van der Waals surface area contributed by atoms with Gasteiger partial charge in [0.25, 0.3) is 0 Å². The Kier molecular flexibility index (Phi) is 12.5. The molecule has 340 valence electrons. The number of alkyl carbamates (subject to hydrolysis) is 2. The minimum absolute atomic E-state index is 0.0520. The fraction of sp³-hybridized carbons (Fsp3) is 0.478. The van der Waals surface area contributed by atoms with Crippen molar-refractivity contribution in [1.29, 1.82) is 0 Å². The second-order valence-electron chi connectivity index (χ2n) is 17.6. The van der Waals surface area contributed by atoms with Gasteiger partial charge in [-0.15, -0.1) is 0 Å². The van der Waals surface area contributed by atoms with Crippen molar-refractivity contribution in [2.75, 3.05) is 27.4 Å². The Hall–Kier alpha value is -6.30. The molecule has 3 aromatic carbocycles. The average Bonchev–Trinajstić information content (AvgIpc) is 4.10. The van der Waals surface area contributed by atoms with Gasteiger partial charge >= 0.3 is 18.8 Å². The van der Waals surface area contributed by atoms with Gasteiger partial charge in [0.05, 0.1) is 55.8 Å². The van der Waals surface area contributed by atoms with Crippen molar-refractivity contribution >= 4 is 45.8 Å². The quantitative estimate of drug-likeness (QED) is 0.0970. The van der Waals surface area contributed by atoms with Gasteiger partial charge in [-0.2, -0.15) is 8.78 Å². The lowest BCUT2D eigenvalue weighted by Crippen LogP contribution is -2.52. The van der Waals surface area contributed by atoms with Crippen LogP contribution in [0.1, 0.15) is 83.2 Å². The van der Waals surface area contributed by atoms with Gasteiger partial charge in [-0.25, -0.2) is 19.6 Å². The van der Waals surface area contributed by atoms with E-state index in [4.69, 9.17) is 19.2 Å². The Morgan fingerprint density at radius 3 is 2.28 bits per heavy atom. The molecule has 64 heavy (non-hydrogen) atoms. The van der Waals surface area contributed by atoms with Crippen LogP contribution in [0.15, 0.2) is 48.7 Å². The molecular weight excluding hydrogens is 831 g/mol. The highest BCUT2D eigenvalue weighted by molar-refractivity contribution is 6.07. The summed E-state index contributed by atoms with van der Waals surface area (Å²) in [6.07, 6.45) is 2.13. The maximum atomic E-state index is 14.0. The molecule has 2 aromatic heterocycles. The van der Waals surface area contributed by atoms with Gasteiger partial charge in [-0.05, 0) is 84.4 Å². The Labute approximate surface area is 368 Å². The maximum Gasteiger partial charge on any atom is 0.407 e. The second-order valence-corrected chi connectivity index (χ2v) is 17.6. The smallest absolute Gasteiger partial charge is 0.407 e. The van der Waals surface area contributed by atoms with E-state index >= 15 is 0 Å². The predicted molar refractivity (Wildman–Crippen MR) is 232 cm³/mol. The number of H-pyrrole nitrogens is 2. The Morgan fingerprint density at radius 1 is 0.875 bits per heavy atom. The lowest BCUT2D eigenvalue weighted by atomic mass is 9.92. The van der Waals surface area contributed by atoms with Gasteiger partial charge in [0.2, 0.25) is 11.8 Å². The first-order valence-electron chi connectivity index (χ1n) is 21.6. The molecule has 0 radical (unpaired) electrons. The molecule has 2 fully saturated rings. The summed E-state index contributed by atoms with van der Waals surface area (Å²) in [6, 6.07) is 11.6. The number of methoxy groups -OCH3 is 2. The summed E-state index contributed by atoms with van der Waals surface area (Å²) < 4.78 is 46.7. The molecule has 4 N–H and O–H groups in total. The van der Waals surface area contributed by atoms with Gasteiger partial charge in [-0.1, -0.05) is 45.9 Å². The van der Waals surface area contributed by atoms with E-state index in [0.717, 1.165) is 56.9 Å². The van der Waals surface area contributed by atoms with E-state index in [1.807, 2.05) is 62.1 Å². The topological polar surface area (TPSA) is 193 Å². The molecule has 0 aliphatic carbocycles. The first-order chi connectivity index (χ1) is 30.6. The van der Waals surface area contributed by atoms with Crippen LogP contribution in [0.5, 0.6) is 5.75 Å². The van der Waals surface area contributed by atoms with Crippen LogP contribution in [0.2, 0.25) is 0 Å². The fourth-order valence-corrected chi connectivity index (χ4v) is 9.40. The van der Waals surface area contributed by atoms with Crippen molar-refractivity contribution in [3.05, 3.63) is 65.9 Å². The van der Waals surface area contributed by atoms with Crippen molar-refractivity contribution in [1.82, 2.24) is 40.4 Å². The number of carbonyl (C=O) groups excluding carboxylic acids is 4. The van der Waals surface area contributed by atoms with Crippen molar-refractivity contribution in [2.45, 2.75) is 97.3 Å². The molecule has 8 rings (SSSR count). The molecule has 4 amide bonds. The molecule has 2 saturated heterocycles. The van der Waals surface area contributed by atoms with Crippen LogP contribution in [-0.4, -0.2) is 106 Å². The van der Waals surface area contributed by atoms with E-state index in [2.05, 4.69) is 36.4 Å². The van der Waals surface area contributed by atoms with E-state index in [0.29, 0.717) is 36.1 Å². The van der Waals surface area contributed by atoms with E-state index in [1.54, 1.807) is 24.9 Å². The van der Waals surface area contributed by atoms with Gasteiger partial charge in [0.1, 0.15) is 36.1 Å². The molecule has 0 spiro atoms. The number of nitrogens with zero attached hydrogens (tertiary/aromatic N) is 4. The zero-order chi connectivity index (χ0) is 45.6. The third-order valence-electron chi connectivity index (χ3n) is 12.7. The van der Waals surface area contributed by atoms with Gasteiger partial charge in [0.15, 0.2) is 0 Å². The number of halogens is 2. The zero-order valence-electron chi connectivity index (χ0n) is 36.9. The SMILES string of the molecule is COC(=O)N[C@H](C(=O)N1C[C@@H](COC(F)F)C[C@H]1c1ncc(-c2ccc3c(c2)COc2cc4c(ccc5[nH]c([C@@H]6CC[C@H](C)N6C(=O)[C@@H](NC(=O)OC)C(C)C)nc54)cc2-3)[nH]1)C(C)C. The third-order valence-corrected chi connectivity index (χ3v) is 12.7. The van der Waals surface area contributed by atoms with Crippen LogP contribution < -0.4 is 15.4 Å². The number of fused-ring (bicyclic) bond motifs is 6. The van der Waals surface area contributed by atoms with Crippen LogP contribution >= 0.6 is 0 Å². The lowest BCUT2D eigenvalue weighted by Gasteiger charge is -2.32. The highest BCUT2D eigenvalue weighted by Gasteiger charge is 2.43. The number of aromatic amines is 2. The molecule has 5 heterocycles. The minimum Gasteiger partial charge on any atom is -0.488 e. The standard InChI is InChI=1S/C46H54F2N8O8/c1-22(2)37(53-45(59)61-6)42(57)55-19-25(20-64-44(47)48)14-35(55)40-49-18-33(51-40)27-9-11-29-28(15-27)21-63-36-17-30-26(16-31(29)36)10-12-32-39(30)52-41(50-32)34-13-8-24(5)56(34)43(58)38(23(3)4)54-46(60)62-7/h9-12,15-18,22-25,34-35,37-38,44H,8,13-14,19-21H2,1-7H3,(H,49,51)(H,50,52)(H,53,59)(H,54,60)/t24-,25-,34-,35-,37-,38-/m0/s1. The largest absolute Gasteiger partial charge is 0.488 e. The van der Waals surface area contributed by atoms with E-state index in [1.165, 1.54) is 14.2 Å². The highest BCUT2D eigenvalue weighted by atomic mass is 19.3. The number of hydrogen-bond donors (Lipinski definition) is 4. The van der Waals surface area contributed by atoms with Gasteiger partial charge in [0, 0.05) is 29.5 Å². The molecule has 0 saturated carbocycles. The van der Waals surface area contributed by atoms with Crippen molar-refractivity contribution in [2.24, 2.45) is 17.8 Å². The molecule has 3 aliphatic heterocycles. The fourth-order valence-electron chi connectivity index (χ4n) is 9.40. The molecule has 6 atom stereocenters. The molecule has 16 nitrogen and oxygen atoms in total. The van der Waals surface area contributed by atoms with E-state index in [9.17, 15) is 28.0 Å². The van der Waals surface area contributed by atoms with Gasteiger partial charge in [-0.3, -0.25) is 9.59 Å². The molecule has 5 aromatic rings. The molecule has 0 unspecified atom stereocenters. The van der Waals surface area contributed by atoms with Crippen LogP contribution in [0.3, 0.4) is 0 Å². The summed E-state index contributed by atoms with van der Waals surface area (Å²) >= 11 is 0. The maximum absolute atomic E-state index is 14.0. The van der Waals surface area contributed by atoms with Crippen LogP contribution in [0, 0.1) is 17.8 Å². The summed E-state index contributed by atoms with van der Waals surface area (Å²) in [6.45, 7) is 6.67. The van der Waals surface area contributed by atoms with E-state index < -0.39 is 36.9 Å². The number of benzene rings is 3. The first-order valence-corrected chi connectivity index (χ1v) is 21.6. The first kappa shape index (κ1) is 44.3. The number of ether oxygens (including phenoxy) is 4. The molecule has 0 bridgehead atoms. The average molecular weight is 885 g/mol. The molecule has 3 aliphatic rings. The Morgan fingerprint density at radius 2 is 1.59 bits per heavy atom. The van der Waals surface area contributed by atoms with E-state index in [-0.39, 0.29) is 54.8 Å². The predicted octanol–water partition coefficient (Wildman–Crippen LogP) is 7.61. The number of amides is 4. The number of alkyl halides is 2.